The van der Waals surface area contributed by atoms with Crippen molar-refractivity contribution in [1.82, 2.24) is 5.32 Å². The van der Waals surface area contributed by atoms with Crippen molar-refractivity contribution in [2.75, 3.05) is 13.1 Å². The SMILES string of the molecule is Fc1ccc(O[C@H](c2ccc(Cl)c(F)c2)C2CNC2)cc1. The van der Waals surface area contributed by atoms with Gasteiger partial charge in [0.25, 0.3) is 0 Å². The number of hydrogen-bond acceptors (Lipinski definition) is 2. The Hall–Kier alpha value is -1.65. The topological polar surface area (TPSA) is 21.3 Å². The van der Waals surface area contributed by atoms with Crippen molar-refractivity contribution in [2.45, 2.75) is 6.10 Å². The fraction of sp³-hybridized carbons (Fsp3) is 0.250. The van der Waals surface area contributed by atoms with Crippen LogP contribution in [0.15, 0.2) is 42.5 Å². The Balaban J connectivity index is 1.86. The summed E-state index contributed by atoms with van der Waals surface area (Å²) < 4.78 is 32.6. The molecule has 0 saturated carbocycles. The van der Waals surface area contributed by atoms with Crippen LogP contribution in [-0.2, 0) is 0 Å². The molecule has 2 aromatic carbocycles. The molecule has 2 aromatic rings. The van der Waals surface area contributed by atoms with Crippen molar-refractivity contribution in [3.05, 3.63) is 64.7 Å². The first-order chi connectivity index (χ1) is 10.1. The molecule has 1 N–H and O–H groups in total. The van der Waals surface area contributed by atoms with Gasteiger partial charge in [-0.1, -0.05) is 17.7 Å². The summed E-state index contributed by atoms with van der Waals surface area (Å²) in [6, 6.07) is 10.5. The number of ether oxygens (including phenoxy) is 1. The van der Waals surface area contributed by atoms with Gasteiger partial charge in [-0.2, -0.15) is 0 Å². The maximum absolute atomic E-state index is 13.7. The summed E-state index contributed by atoms with van der Waals surface area (Å²) in [5.41, 5.74) is 0.729. The molecule has 0 radical (unpaired) electrons. The molecule has 1 aliphatic heterocycles. The van der Waals surface area contributed by atoms with Crippen LogP contribution in [0.4, 0.5) is 8.78 Å². The molecule has 110 valence electrons. The van der Waals surface area contributed by atoms with Gasteiger partial charge in [-0.3, -0.25) is 0 Å². The second-order valence-electron chi connectivity index (χ2n) is 5.08. The van der Waals surface area contributed by atoms with E-state index >= 15 is 0 Å². The predicted octanol–water partition coefficient (Wildman–Crippen LogP) is 3.96. The van der Waals surface area contributed by atoms with E-state index < -0.39 is 5.82 Å². The van der Waals surface area contributed by atoms with E-state index in [1.807, 2.05) is 0 Å². The highest BCUT2D eigenvalue weighted by Gasteiger charge is 2.30. The Kier molecular flexibility index (Phi) is 4.08. The van der Waals surface area contributed by atoms with E-state index in [2.05, 4.69) is 5.32 Å². The minimum atomic E-state index is -0.464. The predicted molar refractivity (Wildman–Crippen MR) is 77.5 cm³/mol. The summed E-state index contributed by atoms with van der Waals surface area (Å²) in [7, 11) is 0. The third kappa shape index (κ3) is 3.17. The number of hydrogen-bond donors (Lipinski definition) is 1. The smallest absolute Gasteiger partial charge is 0.142 e. The molecule has 2 nitrogen and oxygen atoms in total. The zero-order valence-electron chi connectivity index (χ0n) is 11.2. The van der Waals surface area contributed by atoms with Crippen molar-refractivity contribution in [3.63, 3.8) is 0 Å². The largest absolute Gasteiger partial charge is 0.485 e. The van der Waals surface area contributed by atoms with E-state index in [1.54, 1.807) is 18.2 Å². The summed E-state index contributed by atoms with van der Waals surface area (Å²) in [6.45, 7) is 1.60. The lowest BCUT2D eigenvalue weighted by Gasteiger charge is -2.35. The average Bonchev–Trinajstić information content (AvgIpc) is 2.41. The second kappa shape index (κ2) is 6.00. The molecule has 1 heterocycles. The Bertz CT molecular complexity index is 629. The lowest BCUT2D eigenvalue weighted by atomic mass is 9.90. The molecule has 1 aliphatic rings. The second-order valence-corrected chi connectivity index (χ2v) is 5.49. The molecule has 1 atom stereocenters. The van der Waals surface area contributed by atoms with E-state index in [-0.39, 0.29) is 22.9 Å². The molecule has 0 amide bonds. The van der Waals surface area contributed by atoms with Crippen molar-refractivity contribution < 1.29 is 13.5 Å². The number of nitrogens with one attached hydrogen (secondary N) is 1. The molecule has 0 unspecified atom stereocenters. The van der Waals surface area contributed by atoms with Crippen LogP contribution < -0.4 is 10.1 Å². The third-order valence-electron chi connectivity index (χ3n) is 3.59. The fourth-order valence-corrected chi connectivity index (χ4v) is 2.43. The van der Waals surface area contributed by atoms with Gasteiger partial charge in [-0.05, 0) is 42.0 Å². The quantitative estimate of drug-likeness (QED) is 0.923. The molecule has 0 spiro atoms. The van der Waals surface area contributed by atoms with Crippen molar-refractivity contribution in [3.8, 4) is 5.75 Å². The Morgan fingerprint density at radius 1 is 1.10 bits per heavy atom. The minimum absolute atomic E-state index is 0.0889. The molecular formula is C16H14ClF2NO. The van der Waals surface area contributed by atoms with Crippen LogP contribution in [0.2, 0.25) is 5.02 Å². The number of halogens is 3. The Morgan fingerprint density at radius 2 is 1.81 bits per heavy atom. The van der Waals surface area contributed by atoms with Gasteiger partial charge < -0.3 is 10.1 Å². The van der Waals surface area contributed by atoms with E-state index in [0.29, 0.717) is 5.75 Å². The Labute approximate surface area is 126 Å². The monoisotopic (exact) mass is 309 g/mol. The van der Waals surface area contributed by atoms with Gasteiger partial charge >= 0.3 is 0 Å². The summed E-state index contributed by atoms with van der Waals surface area (Å²) >= 11 is 5.72. The van der Waals surface area contributed by atoms with Crippen molar-refractivity contribution in [1.29, 1.82) is 0 Å². The summed E-state index contributed by atoms with van der Waals surface area (Å²) in [5.74, 6) is 0.0233. The summed E-state index contributed by atoms with van der Waals surface area (Å²) in [4.78, 5) is 0. The third-order valence-corrected chi connectivity index (χ3v) is 3.90. The van der Waals surface area contributed by atoms with Crippen molar-refractivity contribution in [2.24, 2.45) is 5.92 Å². The highest BCUT2D eigenvalue weighted by molar-refractivity contribution is 6.30. The molecule has 0 aliphatic carbocycles. The molecule has 1 saturated heterocycles. The first kappa shape index (κ1) is 14.3. The lowest BCUT2D eigenvalue weighted by Crippen LogP contribution is -2.46. The number of benzene rings is 2. The first-order valence-corrected chi connectivity index (χ1v) is 7.09. The maximum atomic E-state index is 13.7. The van der Waals surface area contributed by atoms with Crippen LogP contribution in [0.1, 0.15) is 11.7 Å². The summed E-state index contributed by atoms with van der Waals surface area (Å²) in [6.07, 6.45) is -0.288. The van der Waals surface area contributed by atoms with Gasteiger partial charge in [0.1, 0.15) is 23.5 Å². The average molecular weight is 310 g/mol. The molecule has 3 rings (SSSR count). The number of rotatable bonds is 4. The molecule has 1 fully saturated rings. The van der Waals surface area contributed by atoms with E-state index in [4.69, 9.17) is 16.3 Å². The molecule has 21 heavy (non-hydrogen) atoms. The van der Waals surface area contributed by atoms with Crippen LogP contribution in [0.3, 0.4) is 0 Å². The minimum Gasteiger partial charge on any atom is -0.485 e. The van der Waals surface area contributed by atoms with E-state index in [0.717, 1.165) is 18.7 Å². The fourth-order valence-electron chi connectivity index (χ4n) is 2.31. The molecular weight excluding hydrogens is 296 g/mol. The van der Waals surface area contributed by atoms with Crippen molar-refractivity contribution >= 4 is 11.6 Å². The zero-order chi connectivity index (χ0) is 14.8. The standard InChI is InChI=1S/C16H14ClF2NO/c17-14-6-1-10(7-15(14)19)16(11-8-20-9-11)21-13-4-2-12(18)3-5-13/h1-7,11,16,20H,8-9H2/t16-/m1/s1. The normalized spacial score (nSPS) is 16.3. The van der Waals surface area contributed by atoms with E-state index in [1.165, 1.54) is 24.3 Å². The maximum Gasteiger partial charge on any atom is 0.142 e. The zero-order valence-corrected chi connectivity index (χ0v) is 11.9. The van der Waals surface area contributed by atoms with Gasteiger partial charge in [-0.25, -0.2) is 8.78 Å². The van der Waals surface area contributed by atoms with Gasteiger partial charge in [0.2, 0.25) is 0 Å². The highest BCUT2D eigenvalue weighted by Crippen LogP contribution is 2.32. The van der Waals surface area contributed by atoms with Crippen LogP contribution in [0, 0.1) is 17.6 Å². The van der Waals surface area contributed by atoms with Gasteiger partial charge in [0, 0.05) is 19.0 Å². The van der Waals surface area contributed by atoms with E-state index in [9.17, 15) is 8.78 Å². The Morgan fingerprint density at radius 3 is 2.38 bits per heavy atom. The highest BCUT2D eigenvalue weighted by atomic mass is 35.5. The van der Waals surface area contributed by atoms with Crippen LogP contribution in [0.25, 0.3) is 0 Å². The van der Waals surface area contributed by atoms with Crippen LogP contribution >= 0.6 is 11.6 Å². The molecule has 5 heteroatoms. The van der Waals surface area contributed by atoms with Gasteiger partial charge in [0.05, 0.1) is 5.02 Å². The lowest BCUT2D eigenvalue weighted by molar-refractivity contribution is 0.0989. The van der Waals surface area contributed by atoms with Gasteiger partial charge in [-0.15, -0.1) is 0 Å². The van der Waals surface area contributed by atoms with Crippen LogP contribution in [-0.4, -0.2) is 13.1 Å². The van der Waals surface area contributed by atoms with Gasteiger partial charge in [0.15, 0.2) is 0 Å². The molecule has 0 bridgehead atoms. The molecule has 0 aromatic heterocycles. The summed E-state index contributed by atoms with van der Waals surface area (Å²) in [5, 5.41) is 3.26. The van der Waals surface area contributed by atoms with Crippen LogP contribution in [0.5, 0.6) is 5.75 Å². The first-order valence-electron chi connectivity index (χ1n) is 6.71.